The molecule has 1 heterocycles. The van der Waals surface area contributed by atoms with Crippen molar-refractivity contribution < 1.29 is 4.74 Å². The average molecular weight is 285 g/mol. The van der Waals surface area contributed by atoms with Gasteiger partial charge in [-0.15, -0.1) is 0 Å². The number of nitrogens with zero attached hydrogens (tertiary/aromatic N) is 1. The molecule has 2 N–H and O–H groups in total. The fourth-order valence-corrected chi connectivity index (χ4v) is 2.94. The zero-order valence-electron chi connectivity index (χ0n) is 10.5. The lowest BCUT2D eigenvalue weighted by Gasteiger charge is -2.37. The smallest absolute Gasteiger partial charge is 0.107 e. The number of nitrogens with two attached hydrogens (primary N) is 1. The van der Waals surface area contributed by atoms with Crippen molar-refractivity contribution in [3.8, 4) is 0 Å². The van der Waals surface area contributed by atoms with Gasteiger partial charge in [0.1, 0.15) is 4.99 Å². The highest BCUT2D eigenvalue weighted by Crippen LogP contribution is 2.29. The molecule has 0 radical (unpaired) electrons. The topological polar surface area (TPSA) is 38.5 Å². The Labute approximate surface area is 118 Å². The van der Waals surface area contributed by atoms with Crippen LogP contribution in [-0.2, 0) is 4.74 Å². The quantitative estimate of drug-likeness (QED) is 0.847. The van der Waals surface area contributed by atoms with E-state index in [-0.39, 0.29) is 12.2 Å². The van der Waals surface area contributed by atoms with E-state index in [0.29, 0.717) is 10.0 Å². The third-order valence-electron chi connectivity index (χ3n) is 3.00. The minimum absolute atomic E-state index is 0.187. The molecule has 0 aromatic heterocycles. The summed E-state index contributed by atoms with van der Waals surface area (Å²) >= 11 is 11.3. The number of hydrogen-bond donors (Lipinski definition) is 1. The first-order valence-electron chi connectivity index (χ1n) is 5.97. The van der Waals surface area contributed by atoms with Crippen molar-refractivity contribution >= 4 is 34.5 Å². The molecule has 2 unspecified atom stereocenters. The summed E-state index contributed by atoms with van der Waals surface area (Å²) in [7, 11) is 0. The first-order valence-corrected chi connectivity index (χ1v) is 6.76. The van der Waals surface area contributed by atoms with E-state index in [0.717, 1.165) is 24.3 Å². The van der Waals surface area contributed by atoms with Gasteiger partial charge in [0.25, 0.3) is 0 Å². The predicted octanol–water partition coefficient (Wildman–Crippen LogP) is 2.59. The highest BCUT2D eigenvalue weighted by atomic mass is 35.5. The summed E-state index contributed by atoms with van der Waals surface area (Å²) in [6.45, 7) is 5.77. The van der Waals surface area contributed by atoms with Gasteiger partial charge in [0.2, 0.25) is 0 Å². The van der Waals surface area contributed by atoms with Crippen molar-refractivity contribution in [2.45, 2.75) is 26.1 Å². The zero-order chi connectivity index (χ0) is 13.3. The van der Waals surface area contributed by atoms with Gasteiger partial charge >= 0.3 is 0 Å². The molecule has 0 bridgehead atoms. The van der Waals surface area contributed by atoms with Gasteiger partial charge in [-0.25, -0.2) is 0 Å². The van der Waals surface area contributed by atoms with Crippen LogP contribution in [0, 0.1) is 0 Å². The second kappa shape index (κ2) is 5.43. The van der Waals surface area contributed by atoms with E-state index >= 15 is 0 Å². The summed E-state index contributed by atoms with van der Waals surface area (Å²) in [5.41, 5.74) is 7.54. The van der Waals surface area contributed by atoms with Crippen LogP contribution in [0.3, 0.4) is 0 Å². The molecule has 1 aliphatic rings. The molecule has 2 rings (SSSR count). The van der Waals surface area contributed by atoms with E-state index in [1.54, 1.807) is 0 Å². The molecule has 1 fully saturated rings. The first kappa shape index (κ1) is 13.6. The molecule has 98 valence electrons. The fourth-order valence-electron chi connectivity index (χ4n) is 2.39. The van der Waals surface area contributed by atoms with Gasteiger partial charge < -0.3 is 15.4 Å². The van der Waals surface area contributed by atoms with Gasteiger partial charge in [-0.05, 0) is 26.0 Å². The van der Waals surface area contributed by atoms with Gasteiger partial charge in [0.05, 0.1) is 22.8 Å². The number of thiocarbonyl (C=S) groups is 1. The average Bonchev–Trinajstić information content (AvgIpc) is 2.26. The van der Waals surface area contributed by atoms with Crippen LogP contribution < -0.4 is 10.6 Å². The van der Waals surface area contributed by atoms with Crippen LogP contribution in [0.15, 0.2) is 18.2 Å². The van der Waals surface area contributed by atoms with Crippen LogP contribution >= 0.6 is 23.8 Å². The summed E-state index contributed by atoms with van der Waals surface area (Å²) < 4.78 is 5.73. The second-order valence-electron chi connectivity index (χ2n) is 4.66. The van der Waals surface area contributed by atoms with E-state index in [1.807, 2.05) is 18.2 Å². The fraction of sp³-hybridized carbons (Fsp3) is 0.462. The maximum atomic E-state index is 6.19. The third-order valence-corrected chi connectivity index (χ3v) is 3.52. The lowest BCUT2D eigenvalue weighted by atomic mass is 10.1. The van der Waals surface area contributed by atoms with Crippen molar-refractivity contribution in [3.05, 3.63) is 28.8 Å². The summed E-state index contributed by atoms with van der Waals surface area (Å²) in [5, 5.41) is 0.604. The minimum atomic E-state index is 0.187. The van der Waals surface area contributed by atoms with Gasteiger partial charge in [-0.3, -0.25) is 0 Å². The SMILES string of the molecule is CC1CN(c2cccc(Cl)c2C(N)=S)CC(C)O1. The van der Waals surface area contributed by atoms with Crippen molar-refractivity contribution in [2.24, 2.45) is 5.73 Å². The molecule has 1 aliphatic heterocycles. The molecule has 1 aromatic rings. The molecule has 0 spiro atoms. The molecule has 3 nitrogen and oxygen atoms in total. The van der Waals surface area contributed by atoms with Crippen LogP contribution in [0.25, 0.3) is 0 Å². The Morgan fingerprint density at radius 2 is 2.00 bits per heavy atom. The molecule has 18 heavy (non-hydrogen) atoms. The Hall–Kier alpha value is -0.840. The monoisotopic (exact) mass is 284 g/mol. The number of anilines is 1. The number of benzene rings is 1. The van der Waals surface area contributed by atoms with Crippen molar-refractivity contribution in [2.75, 3.05) is 18.0 Å². The van der Waals surface area contributed by atoms with E-state index < -0.39 is 0 Å². The molecule has 1 aromatic carbocycles. The molecule has 0 amide bonds. The van der Waals surface area contributed by atoms with Crippen molar-refractivity contribution in [3.63, 3.8) is 0 Å². The van der Waals surface area contributed by atoms with Crippen molar-refractivity contribution in [1.29, 1.82) is 0 Å². The van der Waals surface area contributed by atoms with Crippen LogP contribution in [-0.4, -0.2) is 30.3 Å². The van der Waals surface area contributed by atoms with Gasteiger partial charge in [-0.1, -0.05) is 29.9 Å². The van der Waals surface area contributed by atoms with Crippen LogP contribution in [0.2, 0.25) is 5.02 Å². The first-order chi connectivity index (χ1) is 8.49. The highest BCUT2D eigenvalue weighted by molar-refractivity contribution is 7.80. The number of ether oxygens (including phenoxy) is 1. The van der Waals surface area contributed by atoms with E-state index in [9.17, 15) is 0 Å². The van der Waals surface area contributed by atoms with Crippen LogP contribution in [0.5, 0.6) is 0 Å². The largest absolute Gasteiger partial charge is 0.389 e. The maximum absolute atomic E-state index is 6.19. The van der Waals surface area contributed by atoms with E-state index in [2.05, 4.69) is 18.7 Å². The normalized spacial score (nSPS) is 24.1. The van der Waals surface area contributed by atoms with Gasteiger partial charge in [-0.2, -0.15) is 0 Å². The highest BCUT2D eigenvalue weighted by Gasteiger charge is 2.25. The predicted molar refractivity (Wildman–Crippen MR) is 79.6 cm³/mol. The Morgan fingerprint density at radius 1 is 1.39 bits per heavy atom. The summed E-state index contributed by atoms with van der Waals surface area (Å²) in [6.07, 6.45) is 0.374. The van der Waals surface area contributed by atoms with Gasteiger partial charge in [0.15, 0.2) is 0 Å². The molecule has 0 aliphatic carbocycles. The third kappa shape index (κ3) is 2.76. The minimum Gasteiger partial charge on any atom is -0.389 e. The number of rotatable bonds is 2. The summed E-state index contributed by atoms with van der Waals surface area (Å²) in [4.78, 5) is 2.57. The molecular weight excluding hydrogens is 268 g/mol. The van der Waals surface area contributed by atoms with Crippen LogP contribution in [0.4, 0.5) is 5.69 Å². The Bertz CT molecular complexity index is 456. The summed E-state index contributed by atoms with van der Waals surface area (Å²) in [6, 6.07) is 5.74. The molecule has 0 saturated carbocycles. The Kier molecular flexibility index (Phi) is 4.10. The molecule has 2 atom stereocenters. The molecular formula is C13H17ClN2OS. The molecule has 5 heteroatoms. The standard InChI is InChI=1S/C13H17ClN2OS/c1-8-6-16(7-9(2)17-8)11-5-3-4-10(14)12(11)13(15)18/h3-5,8-9H,6-7H2,1-2H3,(H2,15,18). The van der Waals surface area contributed by atoms with E-state index in [4.69, 9.17) is 34.3 Å². The summed E-state index contributed by atoms with van der Waals surface area (Å²) in [5.74, 6) is 0. The van der Waals surface area contributed by atoms with Gasteiger partial charge in [0, 0.05) is 18.8 Å². The lowest BCUT2D eigenvalue weighted by molar-refractivity contribution is -0.00522. The number of morpholine rings is 1. The lowest BCUT2D eigenvalue weighted by Crippen LogP contribution is -2.46. The maximum Gasteiger partial charge on any atom is 0.107 e. The number of halogens is 1. The molecule has 1 saturated heterocycles. The van der Waals surface area contributed by atoms with E-state index in [1.165, 1.54) is 0 Å². The second-order valence-corrected chi connectivity index (χ2v) is 5.51. The number of hydrogen-bond acceptors (Lipinski definition) is 3. The Balaban J connectivity index is 2.38. The zero-order valence-corrected chi connectivity index (χ0v) is 12.1. The van der Waals surface area contributed by atoms with Crippen LogP contribution in [0.1, 0.15) is 19.4 Å². The Morgan fingerprint density at radius 3 is 2.56 bits per heavy atom. The van der Waals surface area contributed by atoms with Crippen molar-refractivity contribution in [1.82, 2.24) is 0 Å².